The Kier molecular flexibility index (Phi) is 5.09. The van der Waals surface area contributed by atoms with Crippen LogP contribution in [0.1, 0.15) is 20.3 Å². The van der Waals surface area contributed by atoms with Crippen molar-refractivity contribution in [2.45, 2.75) is 26.6 Å². The van der Waals surface area contributed by atoms with Crippen molar-refractivity contribution in [1.29, 1.82) is 0 Å². The number of hydrogen-bond acceptors (Lipinski definition) is 3. The van der Waals surface area contributed by atoms with E-state index in [0.717, 1.165) is 0 Å². The average molecular weight is 281 g/mol. The van der Waals surface area contributed by atoms with Gasteiger partial charge in [-0.05, 0) is 24.3 Å². The zero-order chi connectivity index (χ0) is 14.5. The van der Waals surface area contributed by atoms with Crippen molar-refractivity contribution in [3.8, 4) is 0 Å². The molecule has 1 heterocycles. The summed E-state index contributed by atoms with van der Waals surface area (Å²) in [6.07, 6.45) is 0.355. The van der Waals surface area contributed by atoms with Crippen LogP contribution in [0.25, 0.3) is 0 Å². The van der Waals surface area contributed by atoms with Crippen molar-refractivity contribution in [3.05, 3.63) is 30.1 Å². The molecule has 1 aromatic rings. The second-order valence-corrected chi connectivity index (χ2v) is 5.08. The normalized spacial score (nSPS) is 15.8. The van der Waals surface area contributed by atoms with Crippen LogP contribution in [0.5, 0.6) is 0 Å². The number of ether oxygens (including phenoxy) is 2. The largest absolute Gasteiger partial charge is 0.350 e. The summed E-state index contributed by atoms with van der Waals surface area (Å²) >= 11 is 0. The molecule has 1 fully saturated rings. The first-order valence-corrected chi connectivity index (χ1v) is 6.88. The third-order valence-electron chi connectivity index (χ3n) is 3.18. The Morgan fingerprint density at radius 3 is 2.45 bits per heavy atom. The number of carbonyl (C=O) groups is 1. The van der Waals surface area contributed by atoms with E-state index in [0.29, 0.717) is 31.9 Å². The Hall–Kier alpha value is -1.46. The van der Waals surface area contributed by atoms with Crippen LogP contribution in [-0.4, -0.2) is 32.0 Å². The van der Waals surface area contributed by atoms with Crippen molar-refractivity contribution < 1.29 is 18.7 Å². The molecule has 0 bridgehead atoms. The second-order valence-electron chi connectivity index (χ2n) is 5.08. The highest BCUT2D eigenvalue weighted by molar-refractivity contribution is 5.94. The van der Waals surface area contributed by atoms with Gasteiger partial charge in [0.1, 0.15) is 5.82 Å². The molecule has 0 unspecified atom stereocenters. The van der Waals surface area contributed by atoms with E-state index in [1.165, 1.54) is 12.1 Å². The first kappa shape index (κ1) is 14.9. The minimum atomic E-state index is -0.312. The molecule has 1 aliphatic heterocycles. The lowest BCUT2D eigenvalue weighted by atomic mass is 10.1. The maximum Gasteiger partial charge on any atom is 0.229 e. The van der Waals surface area contributed by atoms with Gasteiger partial charge in [-0.1, -0.05) is 13.8 Å². The lowest BCUT2D eigenvalue weighted by Gasteiger charge is -2.25. The van der Waals surface area contributed by atoms with Gasteiger partial charge < -0.3 is 14.4 Å². The quantitative estimate of drug-likeness (QED) is 0.832. The molecule has 2 rings (SSSR count). The van der Waals surface area contributed by atoms with E-state index < -0.39 is 0 Å². The van der Waals surface area contributed by atoms with Gasteiger partial charge in [-0.15, -0.1) is 0 Å². The molecule has 0 atom stereocenters. The van der Waals surface area contributed by atoms with Gasteiger partial charge in [0, 0.05) is 24.6 Å². The number of carbonyl (C=O) groups excluding carboxylic acids is 1. The molecular weight excluding hydrogens is 261 g/mol. The van der Waals surface area contributed by atoms with Gasteiger partial charge in [0.05, 0.1) is 13.2 Å². The van der Waals surface area contributed by atoms with E-state index in [1.807, 2.05) is 13.8 Å². The maximum absolute atomic E-state index is 13.0. The van der Waals surface area contributed by atoms with Gasteiger partial charge in [0.2, 0.25) is 5.91 Å². The van der Waals surface area contributed by atoms with Crippen molar-refractivity contribution in [1.82, 2.24) is 0 Å². The Morgan fingerprint density at radius 1 is 1.30 bits per heavy atom. The summed E-state index contributed by atoms with van der Waals surface area (Å²) in [6, 6.07) is 5.95. The van der Waals surface area contributed by atoms with Gasteiger partial charge in [-0.25, -0.2) is 4.39 Å². The predicted molar refractivity (Wildman–Crippen MR) is 73.9 cm³/mol. The molecule has 5 heteroatoms. The van der Waals surface area contributed by atoms with E-state index in [2.05, 4.69) is 0 Å². The topological polar surface area (TPSA) is 38.8 Å². The molecule has 0 N–H and O–H groups in total. The summed E-state index contributed by atoms with van der Waals surface area (Å²) < 4.78 is 23.8. The van der Waals surface area contributed by atoms with Gasteiger partial charge in [-0.3, -0.25) is 4.79 Å². The van der Waals surface area contributed by atoms with Crippen LogP contribution in [-0.2, 0) is 14.3 Å². The minimum absolute atomic E-state index is 0.00889. The molecule has 1 amide bonds. The lowest BCUT2D eigenvalue weighted by molar-refractivity contribution is -0.121. The van der Waals surface area contributed by atoms with Gasteiger partial charge in [0.25, 0.3) is 0 Å². The van der Waals surface area contributed by atoms with Gasteiger partial charge in [0.15, 0.2) is 6.29 Å². The minimum Gasteiger partial charge on any atom is -0.350 e. The standard InChI is InChI=1S/C15H20FNO3/c1-11(2)15(18)17(8-7-14-19-9-10-20-14)13-5-3-12(16)4-6-13/h3-6,11,14H,7-10H2,1-2H3. The monoisotopic (exact) mass is 281 g/mol. The van der Waals surface area contributed by atoms with Crippen molar-refractivity contribution >= 4 is 11.6 Å². The van der Waals surface area contributed by atoms with E-state index in [-0.39, 0.29) is 23.9 Å². The number of halogens is 1. The van der Waals surface area contributed by atoms with Crippen LogP contribution in [0.15, 0.2) is 24.3 Å². The highest BCUT2D eigenvalue weighted by atomic mass is 19.1. The average Bonchev–Trinajstić information content (AvgIpc) is 2.93. The van der Waals surface area contributed by atoms with Crippen LogP contribution in [0.2, 0.25) is 0 Å². The van der Waals surface area contributed by atoms with E-state index in [4.69, 9.17) is 9.47 Å². The molecular formula is C15H20FNO3. The SMILES string of the molecule is CC(C)C(=O)N(CCC1OCCO1)c1ccc(F)cc1. The Balaban J connectivity index is 2.07. The molecule has 4 nitrogen and oxygen atoms in total. The van der Waals surface area contributed by atoms with E-state index in [9.17, 15) is 9.18 Å². The summed E-state index contributed by atoms with van der Waals surface area (Å²) in [6.45, 7) is 5.38. The Labute approximate surface area is 118 Å². The number of hydrogen-bond donors (Lipinski definition) is 0. The fraction of sp³-hybridized carbons (Fsp3) is 0.533. The number of anilines is 1. The van der Waals surface area contributed by atoms with Crippen LogP contribution >= 0.6 is 0 Å². The molecule has 1 saturated heterocycles. The second kappa shape index (κ2) is 6.81. The Bertz CT molecular complexity index is 441. The molecule has 0 radical (unpaired) electrons. The van der Waals surface area contributed by atoms with Crippen molar-refractivity contribution in [2.75, 3.05) is 24.7 Å². The molecule has 20 heavy (non-hydrogen) atoms. The zero-order valence-electron chi connectivity index (χ0n) is 11.8. The molecule has 1 aromatic carbocycles. The Morgan fingerprint density at radius 2 is 1.90 bits per heavy atom. The molecule has 0 spiro atoms. The highest BCUT2D eigenvalue weighted by Gasteiger charge is 2.22. The third-order valence-corrected chi connectivity index (χ3v) is 3.18. The summed E-state index contributed by atoms with van der Waals surface area (Å²) in [5, 5.41) is 0. The summed E-state index contributed by atoms with van der Waals surface area (Å²) in [5.41, 5.74) is 0.697. The fourth-order valence-electron chi connectivity index (χ4n) is 2.11. The van der Waals surface area contributed by atoms with E-state index >= 15 is 0 Å². The van der Waals surface area contributed by atoms with Crippen LogP contribution in [0, 0.1) is 11.7 Å². The number of amides is 1. The first-order chi connectivity index (χ1) is 9.58. The summed E-state index contributed by atoms with van der Waals surface area (Å²) in [7, 11) is 0. The van der Waals surface area contributed by atoms with Crippen molar-refractivity contribution in [3.63, 3.8) is 0 Å². The molecule has 1 aliphatic rings. The van der Waals surface area contributed by atoms with Gasteiger partial charge >= 0.3 is 0 Å². The van der Waals surface area contributed by atoms with E-state index in [1.54, 1.807) is 17.0 Å². The predicted octanol–water partition coefficient (Wildman–Crippen LogP) is 2.58. The smallest absolute Gasteiger partial charge is 0.229 e. The molecule has 110 valence electrons. The van der Waals surface area contributed by atoms with Crippen molar-refractivity contribution in [2.24, 2.45) is 5.92 Å². The van der Waals surface area contributed by atoms with Crippen LogP contribution < -0.4 is 4.90 Å². The van der Waals surface area contributed by atoms with Crippen LogP contribution in [0.4, 0.5) is 10.1 Å². The molecule has 0 aliphatic carbocycles. The number of rotatable bonds is 5. The number of nitrogens with zero attached hydrogens (tertiary/aromatic N) is 1. The summed E-state index contributed by atoms with van der Waals surface area (Å²) in [4.78, 5) is 13.9. The number of benzene rings is 1. The third kappa shape index (κ3) is 3.77. The molecule has 0 saturated carbocycles. The zero-order valence-corrected chi connectivity index (χ0v) is 11.8. The lowest BCUT2D eigenvalue weighted by Crippen LogP contribution is -2.36. The summed E-state index contributed by atoms with van der Waals surface area (Å²) in [5.74, 6) is -0.423. The maximum atomic E-state index is 13.0. The fourth-order valence-corrected chi connectivity index (χ4v) is 2.11. The highest BCUT2D eigenvalue weighted by Crippen LogP contribution is 2.19. The molecule has 0 aromatic heterocycles. The van der Waals surface area contributed by atoms with Gasteiger partial charge in [-0.2, -0.15) is 0 Å². The van der Waals surface area contributed by atoms with Crippen LogP contribution in [0.3, 0.4) is 0 Å². The first-order valence-electron chi connectivity index (χ1n) is 6.88.